The third-order valence-corrected chi connectivity index (χ3v) is 5.28. The van der Waals surface area contributed by atoms with Gasteiger partial charge >= 0.3 is 5.97 Å². The standard InChI is InChI=1S/C22H25N5O3/c28-22(29)13-16(15-4-2-10-23-14-15)12-21-26-20(27-30-21)7-1-5-17-8-9-18-19(25-17)6-3-11-24-18/h2,4,8-10,14,16,24H,1,3,5-7,11-13H2,(H,28,29). The maximum atomic E-state index is 11.2. The van der Waals surface area contributed by atoms with Crippen LogP contribution in [0.15, 0.2) is 41.2 Å². The second kappa shape index (κ2) is 9.47. The number of aromatic nitrogens is 4. The first kappa shape index (κ1) is 20.0. The van der Waals surface area contributed by atoms with Crippen molar-refractivity contribution in [2.45, 2.75) is 50.9 Å². The van der Waals surface area contributed by atoms with E-state index in [9.17, 15) is 9.90 Å². The van der Waals surface area contributed by atoms with Crippen molar-refractivity contribution in [1.29, 1.82) is 0 Å². The van der Waals surface area contributed by atoms with Crippen molar-refractivity contribution in [3.63, 3.8) is 0 Å². The summed E-state index contributed by atoms with van der Waals surface area (Å²) in [6.45, 7) is 1.02. The lowest BCUT2D eigenvalue weighted by atomic mass is 9.94. The van der Waals surface area contributed by atoms with Crippen molar-refractivity contribution in [2.75, 3.05) is 11.9 Å². The molecule has 3 aromatic heterocycles. The zero-order chi connectivity index (χ0) is 20.8. The van der Waals surface area contributed by atoms with E-state index in [-0.39, 0.29) is 12.3 Å². The summed E-state index contributed by atoms with van der Waals surface area (Å²) in [4.78, 5) is 24.6. The smallest absolute Gasteiger partial charge is 0.303 e. The van der Waals surface area contributed by atoms with Gasteiger partial charge < -0.3 is 14.9 Å². The molecule has 30 heavy (non-hydrogen) atoms. The number of fused-ring (bicyclic) bond motifs is 1. The molecule has 0 amide bonds. The Morgan fingerprint density at radius 2 is 2.17 bits per heavy atom. The first-order chi connectivity index (χ1) is 14.7. The molecule has 0 fully saturated rings. The maximum absolute atomic E-state index is 11.2. The van der Waals surface area contributed by atoms with Gasteiger partial charge in [-0.05, 0) is 49.4 Å². The third kappa shape index (κ3) is 5.20. The molecule has 0 aromatic carbocycles. The zero-order valence-electron chi connectivity index (χ0n) is 16.8. The molecule has 0 saturated heterocycles. The third-order valence-electron chi connectivity index (χ3n) is 5.28. The molecule has 8 heteroatoms. The Morgan fingerprint density at radius 3 is 3.00 bits per heavy atom. The van der Waals surface area contributed by atoms with Crippen LogP contribution in [-0.4, -0.2) is 37.7 Å². The maximum Gasteiger partial charge on any atom is 0.303 e. The highest BCUT2D eigenvalue weighted by atomic mass is 16.5. The van der Waals surface area contributed by atoms with E-state index < -0.39 is 5.97 Å². The van der Waals surface area contributed by atoms with E-state index in [1.807, 2.05) is 6.07 Å². The summed E-state index contributed by atoms with van der Waals surface area (Å²) in [7, 11) is 0. The minimum atomic E-state index is -0.864. The number of carboxylic acid groups (broad SMARTS) is 1. The summed E-state index contributed by atoms with van der Waals surface area (Å²) in [6, 6.07) is 7.86. The van der Waals surface area contributed by atoms with Crippen LogP contribution >= 0.6 is 0 Å². The monoisotopic (exact) mass is 407 g/mol. The number of anilines is 1. The Hall–Kier alpha value is -3.29. The molecule has 2 N–H and O–H groups in total. The van der Waals surface area contributed by atoms with Gasteiger partial charge in [0, 0.05) is 43.4 Å². The highest BCUT2D eigenvalue weighted by Gasteiger charge is 2.20. The SMILES string of the molecule is O=C(O)CC(Cc1nc(CCCc2ccc3c(n2)CCCN3)no1)c1cccnc1. The second-order valence-electron chi connectivity index (χ2n) is 7.57. The molecule has 1 aliphatic heterocycles. The number of nitrogens with one attached hydrogen (secondary N) is 1. The minimum Gasteiger partial charge on any atom is -0.481 e. The summed E-state index contributed by atoms with van der Waals surface area (Å²) >= 11 is 0. The van der Waals surface area contributed by atoms with Crippen LogP contribution in [0, 0.1) is 0 Å². The van der Waals surface area contributed by atoms with Gasteiger partial charge in [0.05, 0.1) is 17.8 Å². The van der Waals surface area contributed by atoms with Gasteiger partial charge in [-0.15, -0.1) is 0 Å². The first-order valence-electron chi connectivity index (χ1n) is 10.3. The predicted octanol–water partition coefficient (Wildman–Crippen LogP) is 3.19. The fourth-order valence-electron chi connectivity index (χ4n) is 3.77. The van der Waals surface area contributed by atoms with Crippen LogP contribution in [0.3, 0.4) is 0 Å². The second-order valence-corrected chi connectivity index (χ2v) is 7.57. The molecule has 1 aliphatic rings. The van der Waals surface area contributed by atoms with Crippen LogP contribution in [0.25, 0.3) is 0 Å². The van der Waals surface area contributed by atoms with Crippen molar-refractivity contribution in [1.82, 2.24) is 20.1 Å². The quantitative estimate of drug-likeness (QED) is 0.556. The largest absolute Gasteiger partial charge is 0.481 e. The number of rotatable bonds is 9. The highest BCUT2D eigenvalue weighted by Crippen LogP contribution is 2.24. The number of aryl methyl sites for hydroxylation is 3. The number of carboxylic acids is 1. The van der Waals surface area contributed by atoms with E-state index in [0.29, 0.717) is 24.6 Å². The van der Waals surface area contributed by atoms with Gasteiger partial charge in [0.15, 0.2) is 5.82 Å². The zero-order valence-corrected chi connectivity index (χ0v) is 16.8. The number of carbonyl (C=O) groups is 1. The number of pyridine rings is 2. The lowest BCUT2D eigenvalue weighted by Gasteiger charge is -2.17. The van der Waals surface area contributed by atoms with Crippen LogP contribution < -0.4 is 5.32 Å². The van der Waals surface area contributed by atoms with Gasteiger partial charge in [0.2, 0.25) is 5.89 Å². The fraction of sp³-hybridized carbons (Fsp3) is 0.409. The number of hydrogen-bond donors (Lipinski definition) is 2. The molecule has 1 unspecified atom stereocenters. The lowest BCUT2D eigenvalue weighted by molar-refractivity contribution is -0.137. The molecule has 8 nitrogen and oxygen atoms in total. The van der Waals surface area contributed by atoms with Gasteiger partial charge in [-0.1, -0.05) is 11.2 Å². The normalized spacial score (nSPS) is 14.0. The number of nitrogens with zero attached hydrogens (tertiary/aromatic N) is 4. The summed E-state index contributed by atoms with van der Waals surface area (Å²) in [5, 5.41) is 16.7. The minimum absolute atomic E-state index is 0.0116. The van der Waals surface area contributed by atoms with Crippen LogP contribution in [0.4, 0.5) is 5.69 Å². The summed E-state index contributed by atoms with van der Waals surface area (Å²) < 4.78 is 5.38. The van der Waals surface area contributed by atoms with E-state index in [1.165, 1.54) is 0 Å². The summed E-state index contributed by atoms with van der Waals surface area (Å²) in [5.41, 5.74) is 4.24. The lowest BCUT2D eigenvalue weighted by Crippen LogP contribution is -2.13. The molecule has 0 radical (unpaired) electrons. The number of hydrogen-bond acceptors (Lipinski definition) is 7. The average Bonchev–Trinajstić information content (AvgIpc) is 3.21. The van der Waals surface area contributed by atoms with E-state index in [4.69, 9.17) is 9.51 Å². The van der Waals surface area contributed by atoms with Crippen LogP contribution in [-0.2, 0) is 30.5 Å². The van der Waals surface area contributed by atoms with E-state index in [2.05, 4.69) is 32.6 Å². The Morgan fingerprint density at radius 1 is 1.23 bits per heavy atom. The van der Waals surface area contributed by atoms with Crippen LogP contribution in [0.1, 0.15) is 53.8 Å². The van der Waals surface area contributed by atoms with Gasteiger partial charge in [-0.3, -0.25) is 14.8 Å². The highest BCUT2D eigenvalue weighted by molar-refractivity contribution is 5.68. The summed E-state index contributed by atoms with van der Waals surface area (Å²) in [6.07, 6.45) is 8.29. The van der Waals surface area contributed by atoms with Gasteiger partial charge in [0.1, 0.15) is 0 Å². The van der Waals surface area contributed by atoms with Gasteiger partial charge in [0.25, 0.3) is 0 Å². The molecule has 0 spiro atoms. The average molecular weight is 407 g/mol. The van der Waals surface area contributed by atoms with Crippen molar-refractivity contribution >= 4 is 11.7 Å². The van der Waals surface area contributed by atoms with Crippen LogP contribution in [0.5, 0.6) is 0 Å². The Kier molecular flexibility index (Phi) is 6.32. The summed E-state index contributed by atoms with van der Waals surface area (Å²) in [5.74, 6) is -0.0166. The first-order valence-corrected chi connectivity index (χ1v) is 10.3. The molecule has 156 valence electrons. The molecule has 0 bridgehead atoms. The fourth-order valence-corrected chi connectivity index (χ4v) is 3.77. The van der Waals surface area contributed by atoms with Crippen molar-refractivity contribution < 1.29 is 14.4 Å². The number of aliphatic carboxylic acids is 1. The van der Waals surface area contributed by atoms with Crippen LogP contribution in [0.2, 0.25) is 0 Å². The molecular formula is C22H25N5O3. The van der Waals surface area contributed by atoms with Crippen molar-refractivity contribution in [3.8, 4) is 0 Å². The molecule has 4 rings (SSSR count). The Bertz CT molecular complexity index is 989. The Balaban J connectivity index is 1.33. The predicted molar refractivity (Wildman–Crippen MR) is 110 cm³/mol. The van der Waals surface area contributed by atoms with E-state index in [1.54, 1.807) is 18.5 Å². The topological polar surface area (TPSA) is 114 Å². The molecule has 3 aromatic rings. The molecule has 1 atom stereocenters. The molecule has 4 heterocycles. The van der Waals surface area contributed by atoms with Crippen molar-refractivity contribution in [3.05, 3.63) is 65.3 Å². The Labute approximate surface area is 174 Å². The molecular weight excluding hydrogens is 382 g/mol. The van der Waals surface area contributed by atoms with Gasteiger partial charge in [-0.2, -0.15) is 4.98 Å². The molecule has 0 aliphatic carbocycles. The van der Waals surface area contributed by atoms with Gasteiger partial charge in [-0.25, -0.2) is 0 Å². The van der Waals surface area contributed by atoms with E-state index >= 15 is 0 Å². The van der Waals surface area contributed by atoms with Crippen molar-refractivity contribution in [2.24, 2.45) is 0 Å². The molecule has 0 saturated carbocycles. The van der Waals surface area contributed by atoms with E-state index in [0.717, 1.165) is 54.9 Å².